The van der Waals surface area contributed by atoms with Gasteiger partial charge in [0.15, 0.2) is 0 Å². The van der Waals surface area contributed by atoms with Crippen molar-refractivity contribution in [3.8, 4) is 6.07 Å². The number of urea groups is 1. The van der Waals surface area contributed by atoms with E-state index in [-0.39, 0.29) is 30.0 Å². The average Bonchev–Trinajstić information content (AvgIpc) is 3.63. The number of piperidine rings is 1. The van der Waals surface area contributed by atoms with Crippen molar-refractivity contribution in [1.29, 1.82) is 5.26 Å². The van der Waals surface area contributed by atoms with Crippen LogP contribution in [-0.4, -0.2) is 96.2 Å². The molecule has 3 aliphatic rings. The zero-order valence-corrected chi connectivity index (χ0v) is 26.6. The lowest BCUT2D eigenvalue weighted by atomic mass is 9.93. The number of imide groups is 1. The highest BCUT2D eigenvalue weighted by atomic mass is 32.2. The van der Waals surface area contributed by atoms with Crippen LogP contribution in [0.5, 0.6) is 0 Å². The standard InChI is InChI=1S/C30H35F3N8O6S/c31-30(32,33)28-37-24(39-13-8-20(9-14-39)10-15-41-27(43)22(36-29(41)44)18-48(45,46)47)16-25(38-28)40-12-1-2-23(40)26(42)35-11-7-19-3-5-21(17-34)6-4-19/h3-6,16,20,22-23H,1-2,7-15,18H2,(H,35,42)(H,36,44)(H,45,46,47). The highest BCUT2D eigenvalue weighted by molar-refractivity contribution is 7.85. The summed E-state index contributed by atoms with van der Waals surface area (Å²) in [5, 5.41) is 14.1. The molecule has 0 spiro atoms. The molecule has 3 aliphatic heterocycles. The summed E-state index contributed by atoms with van der Waals surface area (Å²) < 4.78 is 73.2. The number of benzene rings is 1. The van der Waals surface area contributed by atoms with Crippen molar-refractivity contribution in [2.75, 3.05) is 48.3 Å². The first-order valence-corrected chi connectivity index (χ1v) is 17.1. The van der Waals surface area contributed by atoms with Gasteiger partial charge in [-0.25, -0.2) is 14.8 Å². The van der Waals surface area contributed by atoms with Gasteiger partial charge in [-0.15, -0.1) is 0 Å². The molecule has 18 heteroatoms. The quantitative estimate of drug-likeness (QED) is 0.231. The van der Waals surface area contributed by atoms with Crippen molar-refractivity contribution in [2.24, 2.45) is 5.92 Å². The molecule has 0 bridgehead atoms. The molecule has 3 fully saturated rings. The Bertz CT molecular complexity index is 1680. The number of anilines is 2. The maximum atomic E-state index is 14.0. The summed E-state index contributed by atoms with van der Waals surface area (Å²) in [6.45, 7) is 1.39. The second-order valence-corrected chi connectivity index (χ2v) is 13.6. The largest absolute Gasteiger partial charge is 0.451 e. The molecule has 4 amide bonds. The number of nitriles is 1. The minimum absolute atomic E-state index is 0.0113. The number of alkyl halides is 3. The van der Waals surface area contributed by atoms with Crippen LogP contribution in [0.1, 0.15) is 49.1 Å². The third-order valence-electron chi connectivity index (χ3n) is 8.78. The second kappa shape index (κ2) is 14.3. The average molecular weight is 693 g/mol. The van der Waals surface area contributed by atoms with Crippen molar-refractivity contribution in [2.45, 2.75) is 56.8 Å². The molecule has 0 saturated carbocycles. The topological polar surface area (TPSA) is 189 Å². The number of hydrogen-bond donors (Lipinski definition) is 3. The molecule has 4 heterocycles. The summed E-state index contributed by atoms with van der Waals surface area (Å²) in [6.07, 6.45) is -1.79. The van der Waals surface area contributed by atoms with Crippen molar-refractivity contribution in [1.82, 2.24) is 25.5 Å². The summed E-state index contributed by atoms with van der Waals surface area (Å²) in [5.41, 5.74) is 1.45. The fraction of sp³-hybridized carbons (Fsp3) is 0.533. The third kappa shape index (κ3) is 8.50. The van der Waals surface area contributed by atoms with Crippen LogP contribution in [0.4, 0.5) is 29.6 Å². The number of amides is 4. The van der Waals surface area contributed by atoms with Gasteiger partial charge < -0.3 is 20.4 Å². The lowest BCUT2D eigenvalue weighted by Crippen LogP contribution is -2.44. The maximum Gasteiger partial charge on any atom is 0.451 e. The Kier molecular flexibility index (Phi) is 10.4. The molecule has 3 N–H and O–H groups in total. The summed E-state index contributed by atoms with van der Waals surface area (Å²) in [6, 6.07) is 7.68. The van der Waals surface area contributed by atoms with Gasteiger partial charge in [-0.2, -0.15) is 26.9 Å². The molecular formula is C30H35F3N8O6S. The number of halogens is 3. The van der Waals surface area contributed by atoms with Crippen LogP contribution in [0.2, 0.25) is 0 Å². The van der Waals surface area contributed by atoms with E-state index in [0.29, 0.717) is 70.3 Å². The number of hydrogen-bond acceptors (Lipinski definition) is 10. The van der Waals surface area contributed by atoms with E-state index < -0.39 is 51.9 Å². The molecule has 48 heavy (non-hydrogen) atoms. The van der Waals surface area contributed by atoms with Gasteiger partial charge in [0.25, 0.3) is 16.0 Å². The zero-order valence-electron chi connectivity index (χ0n) is 25.8. The van der Waals surface area contributed by atoms with E-state index in [4.69, 9.17) is 9.81 Å². The van der Waals surface area contributed by atoms with E-state index in [9.17, 15) is 36.0 Å². The van der Waals surface area contributed by atoms with E-state index >= 15 is 0 Å². The maximum absolute atomic E-state index is 14.0. The van der Waals surface area contributed by atoms with Crippen LogP contribution >= 0.6 is 0 Å². The highest BCUT2D eigenvalue weighted by Crippen LogP contribution is 2.34. The number of rotatable bonds is 11. The van der Waals surface area contributed by atoms with E-state index in [2.05, 4.69) is 20.6 Å². The van der Waals surface area contributed by atoms with Crippen molar-refractivity contribution < 1.29 is 40.5 Å². The molecule has 0 aliphatic carbocycles. The smallest absolute Gasteiger partial charge is 0.356 e. The van der Waals surface area contributed by atoms with Gasteiger partial charge in [-0.3, -0.25) is 19.0 Å². The molecule has 2 aromatic rings. The molecule has 14 nitrogen and oxygen atoms in total. The first kappa shape index (κ1) is 34.8. The molecule has 2 unspecified atom stereocenters. The Labute approximate surface area is 275 Å². The number of carbonyl (C=O) groups is 3. The minimum Gasteiger partial charge on any atom is -0.356 e. The summed E-state index contributed by atoms with van der Waals surface area (Å²) in [4.78, 5) is 49.7. The van der Waals surface area contributed by atoms with Crippen LogP contribution in [0, 0.1) is 17.2 Å². The van der Waals surface area contributed by atoms with Crippen LogP contribution in [0.25, 0.3) is 0 Å². The van der Waals surface area contributed by atoms with Gasteiger partial charge in [0, 0.05) is 38.8 Å². The van der Waals surface area contributed by atoms with Crippen molar-refractivity contribution in [3.05, 3.63) is 47.3 Å². The van der Waals surface area contributed by atoms with Gasteiger partial charge >= 0.3 is 12.2 Å². The van der Waals surface area contributed by atoms with E-state index in [0.717, 1.165) is 10.5 Å². The van der Waals surface area contributed by atoms with Crippen LogP contribution < -0.4 is 20.4 Å². The zero-order chi connectivity index (χ0) is 34.6. The molecule has 3 saturated heterocycles. The van der Waals surface area contributed by atoms with Crippen molar-refractivity contribution in [3.63, 3.8) is 0 Å². The first-order chi connectivity index (χ1) is 22.7. The Morgan fingerprint density at radius 1 is 1.08 bits per heavy atom. The molecule has 258 valence electrons. The van der Waals surface area contributed by atoms with Gasteiger partial charge in [0.2, 0.25) is 11.7 Å². The lowest BCUT2D eigenvalue weighted by Gasteiger charge is -2.34. The van der Waals surface area contributed by atoms with E-state index in [1.54, 1.807) is 34.1 Å². The van der Waals surface area contributed by atoms with Gasteiger partial charge in [-0.1, -0.05) is 12.1 Å². The highest BCUT2D eigenvalue weighted by Gasteiger charge is 2.41. The van der Waals surface area contributed by atoms with Gasteiger partial charge in [0.1, 0.15) is 29.5 Å². The number of carbonyl (C=O) groups excluding carboxylic acids is 3. The summed E-state index contributed by atoms with van der Waals surface area (Å²) >= 11 is 0. The molecular weight excluding hydrogens is 657 g/mol. The SMILES string of the molecule is N#Cc1ccc(CCNC(=O)C2CCCN2c2cc(N3CCC(CCN4C(=O)NC(CS(=O)(=O)O)C4=O)CC3)nc(C(F)(F)F)n2)cc1. The number of nitrogens with zero attached hydrogens (tertiary/aromatic N) is 6. The summed E-state index contributed by atoms with van der Waals surface area (Å²) in [7, 11) is -4.48. The molecule has 0 radical (unpaired) electrons. The predicted molar refractivity (Wildman–Crippen MR) is 165 cm³/mol. The second-order valence-electron chi connectivity index (χ2n) is 12.1. The van der Waals surface area contributed by atoms with Crippen LogP contribution in [-0.2, 0) is 32.3 Å². The molecule has 1 aromatic carbocycles. The van der Waals surface area contributed by atoms with Gasteiger partial charge in [-0.05, 0) is 62.1 Å². The number of aromatic nitrogens is 2. The Morgan fingerprint density at radius 2 is 1.77 bits per heavy atom. The first-order valence-electron chi connectivity index (χ1n) is 15.5. The Balaban J connectivity index is 1.20. The Morgan fingerprint density at radius 3 is 2.42 bits per heavy atom. The van der Waals surface area contributed by atoms with E-state index in [1.165, 1.54) is 6.07 Å². The molecule has 2 atom stereocenters. The normalized spacial score (nSPS) is 20.6. The Hall–Kier alpha value is -4.50. The van der Waals surface area contributed by atoms with Crippen molar-refractivity contribution >= 4 is 39.6 Å². The van der Waals surface area contributed by atoms with Crippen LogP contribution in [0.15, 0.2) is 30.3 Å². The number of nitrogens with one attached hydrogen (secondary N) is 2. The molecule has 5 rings (SSSR count). The fourth-order valence-corrected chi connectivity index (χ4v) is 6.89. The van der Waals surface area contributed by atoms with E-state index in [1.807, 2.05) is 6.07 Å². The van der Waals surface area contributed by atoms with Gasteiger partial charge in [0.05, 0.1) is 11.6 Å². The lowest BCUT2D eigenvalue weighted by molar-refractivity contribution is -0.144. The summed E-state index contributed by atoms with van der Waals surface area (Å²) in [5.74, 6) is -3.16. The fourth-order valence-electron chi connectivity index (χ4n) is 6.24. The third-order valence-corrected chi connectivity index (χ3v) is 9.54. The van der Waals surface area contributed by atoms with Crippen LogP contribution in [0.3, 0.4) is 0 Å². The predicted octanol–water partition coefficient (Wildman–Crippen LogP) is 2.11. The minimum atomic E-state index is -4.82. The molecule has 1 aromatic heterocycles. The monoisotopic (exact) mass is 692 g/mol.